The van der Waals surface area contributed by atoms with E-state index in [1.165, 1.54) is 28.5 Å². The third-order valence-corrected chi connectivity index (χ3v) is 15.6. The monoisotopic (exact) mass is 678 g/mol. The van der Waals surface area contributed by atoms with Crippen molar-refractivity contribution >= 4 is 5.91 Å². The second kappa shape index (κ2) is 11.7. The maximum atomic E-state index is 14.5. The zero-order valence-electron chi connectivity index (χ0n) is 30.3. The molecule has 7 nitrogen and oxygen atoms in total. The van der Waals surface area contributed by atoms with Crippen molar-refractivity contribution < 1.29 is 23.8 Å². The molecule has 4 fully saturated rings. The van der Waals surface area contributed by atoms with Crippen molar-refractivity contribution in [1.82, 2.24) is 20.3 Å². The minimum Gasteiger partial charge on any atom is -0.396 e. The van der Waals surface area contributed by atoms with E-state index in [1.54, 1.807) is 6.20 Å². The standard InChI is InChI=1S/C40H56F2N4O3/c1-35(2)16-18-40(34(49)43-21-25-22-46(45-44-25)23-26-29(41)8-7-9-30(26)42)19-17-38(5)27(28(40)20-35)10-11-32-36(3)14-13-33(48)37(4,24-47)31(36)12-15-39(32,38)6/h7-10,22,28,31-33,47-48H,11-21,23-24H2,1-6H3,(H,43,49)/t28-,31+,32+,33-,36-,37-,38+,39+,40-/m0/s1. The molecule has 0 unspecified atom stereocenters. The van der Waals surface area contributed by atoms with Crippen LogP contribution in [0.2, 0.25) is 0 Å². The third-order valence-electron chi connectivity index (χ3n) is 15.6. The van der Waals surface area contributed by atoms with E-state index in [1.807, 2.05) is 0 Å². The van der Waals surface area contributed by atoms with Crippen LogP contribution in [0.3, 0.4) is 0 Å². The molecule has 49 heavy (non-hydrogen) atoms. The smallest absolute Gasteiger partial charge is 0.227 e. The second-order valence-electron chi connectivity index (χ2n) is 18.4. The summed E-state index contributed by atoms with van der Waals surface area (Å²) in [5, 5.41) is 33.2. The molecule has 1 amide bonds. The highest BCUT2D eigenvalue weighted by Crippen LogP contribution is 2.75. The normalized spacial score (nSPS) is 41.1. The molecule has 9 atom stereocenters. The summed E-state index contributed by atoms with van der Waals surface area (Å²) in [6, 6.07) is 3.80. The van der Waals surface area contributed by atoms with Gasteiger partial charge in [-0.1, -0.05) is 64.5 Å². The Hall–Kier alpha value is -2.65. The van der Waals surface area contributed by atoms with Gasteiger partial charge in [-0.2, -0.15) is 0 Å². The summed E-state index contributed by atoms with van der Waals surface area (Å²) >= 11 is 0. The topological polar surface area (TPSA) is 100 Å². The number of nitrogens with zero attached hydrogens (tertiary/aromatic N) is 3. The Labute approximate surface area is 290 Å². The van der Waals surface area contributed by atoms with E-state index in [0.29, 0.717) is 11.6 Å². The molecule has 0 aliphatic heterocycles. The van der Waals surface area contributed by atoms with Crippen molar-refractivity contribution in [2.24, 2.45) is 50.2 Å². The largest absolute Gasteiger partial charge is 0.396 e. The summed E-state index contributed by atoms with van der Waals surface area (Å²) in [5.74, 6) is -0.302. The molecule has 4 saturated carbocycles. The first-order chi connectivity index (χ1) is 23.0. The highest BCUT2D eigenvalue weighted by Gasteiger charge is 2.69. The van der Waals surface area contributed by atoms with Crippen molar-refractivity contribution in [2.45, 2.75) is 125 Å². The fourth-order valence-electron chi connectivity index (χ4n) is 12.4. The Bertz CT molecular complexity index is 1640. The number of allylic oxidation sites excluding steroid dienone is 2. The van der Waals surface area contributed by atoms with Crippen LogP contribution in [-0.2, 0) is 17.9 Å². The van der Waals surface area contributed by atoms with Gasteiger partial charge < -0.3 is 15.5 Å². The molecule has 0 spiro atoms. The number of halogens is 2. The molecule has 2 aromatic rings. The van der Waals surface area contributed by atoms with Crippen LogP contribution in [0.15, 0.2) is 36.0 Å². The van der Waals surface area contributed by atoms with Crippen LogP contribution < -0.4 is 5.32 Å². The molecule has 0 bridgehead atoms. The van der Waals surface area contributed by atoms with Crippen LogP contribution in [0.5, 0.6) is 0 Å². The van der Waals surface area contributed by atoms with Gasteiger partial charge in [0.2, 0.25) is 5.91 Å². The predicted molar refractivity (Wildman–Crippen MR) is 184 cm³/mol. The summed E-state index contributed by atoms with van der Waals surface area (Å²) < 4.78 is 29.9. The van der Waals surface area contributed by atoms with Crippen molar-refractivity contribution in [3.8, 4) is 0 Å². The van der Waals surface area contributed by atoms with Crippen LogP contribution in [-0.4, -0.2) is 43.8 Å². The average Bonchev–Trinajstić information content (AvgIpc) is 3.51. The second-order valence-corrected chi connectivity index (χ2v) is 18.4. The molecule has 7 rings (SSSR count). The minimum atomic E-state index is -0.625. The fourth-order valence-corrected chi connectivity index (χ4v) is 12.4. The van der Waals surface area contributed by atoms with Crippen molar-refractivity contribution in [2.75, 3.05) is 6.61 Å². The molecule has 5 aliphatic carbocycles. The number of hydrogen-bond donors (Lipinski definition) is 3. The van der Waals surface area contributed by atoms with Crippen molar-refractivity contribution in [1.29, 1.82) is 0 Å². The van der Waals surface area contributed by atoms with E-state index in [-0.39, 0.29) is 64.7 Å². The van der Waals surface area contributed by atoms with Crippen molar-refractivity contribution in [3.05, 3.63) is 58.9 Å². The zero-order valence-corrected chi connectivity index (χ0v) is 30.3. The first-order valence-electron chi connectivity index (χ1n) is 18.6. The number of carbonyl (C=O) groups excluding carboxylic acids is 1. The summed E-state index contributed by atoms with van der Waals surface area (Å²) in [4.78, 5) is 14.5. The molecule has 3 N–H and O–H groups in total. The van der Waals surface area contributed by atoms with E-state index in [0.717, 1.165) is 64.2 Å². The highest BCUT2D eigenvalue weighted by atomic mass is 19.1. The Morgan fingerprint density at radius 3 is 2.41 bits per heavy atom. The highest BCUT2D eigenvalue weighted by molar-refractivity contribution is 5.84. The summed E-state index contributed by atoms with van der Waals surface area (Å²) in [5.41, 5.74) is 1.17. The number of aliphatic hydroxyl groups excluding tert-OH is 2. The lowest BCUT2D eigenvalue weighted by molar-refractivity contribution is -0.215. The van der Waals surface area contributed by atoms with Gasteiger partial charge in [0.05, 0.1) is 37.4 Å². The van der Waals surface area contributed by atoms with Gasteiger partial charge in [-0.15, -0.1) is 5.10 Å². The summed E-state index contributed by atoms with van der Waals surface area (Å²) in [6.07, 6.45) is 13.1. The van der Waals surface area contributed by atoms with Gasteiger partial charge in [-0.05, 0) is 116 Å². The van der Waals surface area contributed by atoms with Gasteiger partial charge in [-0.25, -0.2) is 13.5 Å². The number of aromatic nitrogens is 3. The lowest BCUT2D eigenvalue weighted by Gasteiger charge is -2.71. The number of aliphatic hydroxyl groups is 2. The minimum absolute atomic E-state index is 0.0193. The first kappa shape index (κ1) is 34.8. The molecule has 0 radical (unpaired) electrons. The SMILES string of the molecule is CC1(C)CC[C@]2(C(=O)NCc3cn(Cc4c(F)cccc4F)nn3)CC[C@]3(C)C(=CC[C@@H]4[C@@]5(C)CC[C@H](O)[C@@](C)(CO)[C@@H]5CC[C@]43C)[C@@H]2C1. The molecule has 1 aromatic carbocycles. The maximum absolute atomic E-state index is 14.5. The van der Waals surface area contributed by atoms with E-state index < -0.39 is 28.6 Å². The molecule has 5 aliphatic rings. The Morgan fingerprint density at radius 1 is 0.980 bits per heavy atom. The number of amides is 1. The molecule has 1 aromatic heterocycles. The lowest BCUT2D eigenvalue weighted by Crippen LogP contribution is -2.66. The Kier molecular flexibility index (Phi) is 8.30. The lowest BCUT2D eigenvalue weighted by atomic mass is 9.33. The molecular formula is C40H56F2N4O3. The van der Waals surface area contributed by atoms with Crippen LogP contribution in [0.25, 0.3) is 0 Å². The van der Waals surface area contributed by atoms with Gasteiger partial charge in [0.25, 0.3) is 0 Å². The Morgan fingerprint density at radius 2 is 1.69 bits per heavy atom. The third kappa shape index (κ3) is 5.09. The van der Waals surface area contributed by atoms with E-state index in [2.05, 4.69) is 63.2 Å². The molecule has 0 saturated heterocycles. The van der Waals surface area contributed by atoms with E-state index in [9.17, 15) is 23.8 Å². The number of fused-ring (bicyclic) bond motifs is 7. The fraction of sp³-hybridized carbons (Fsp3) is 0.725. The molecule has 9 heteroatoms. The number of benzene rings is 1. The number of rotatable bonds is 6. The van der Waals surface area contributed by atoms with E-state index >= 15 is 0 Å². The van der Waals surface area contributed by atoms with Gasteiger partial charge in [0.1, 0.15) is 17.3 Å². The van der Waals surface area contributed by atoms with Gasteiger partial charge >= 0.3 is 0 Å². The first-order valence-corrected chi connectivity index (χ1v) is 18.6. The maximum Gasteiger partial charge on any atom is 0.227 e. The zero-order chi connectivity index (χ0) is 35.2. The van der Waals surface area contributed by atoms with Crippen molar-refractivity contribution in [3.63, 3.8) is 0 Å². The number of nitrogens with one attached hydrogen (secondary N) is 1. The molecular weight excluding hydrogens is 622 g/mol. The average molecular weight is 679 g/mol. The Balaban J connectivity index is 1.15. The quantitative estimate of drug-likeness (QED) is 0.278. The molecule has 268 valence electrons. The van der Waals surface area contributed by atoms with Gasteiger partial charge in [-0.3, -0.25) is 4.79 Å². The summed E-state index contributed by atoms with van der Waals surface area (Å²) in [6.45, 7) is 14.4. The predicted octanol–water partition coefficient (Wildman–Crippen LogP) is 7.36. The van der Waals surface area contributed by atoms with Crippen LogP contribution in [0.1, 0.15) is 117 Å². The van der Waals surface area contributed by atoms with Gasteiger partial charge in [0, 0.05) is 11.0 Å². The van der Waals surface area contributed by atoms with Gasteiger partial charge in [0.15, 0.2) is 0 Å². The number of hydrogen-bond acceptors (Lipinski definition) is 5. The molecule has 1 heterocycles. The van der Waals surface area contributed by atoms with Crippen LogP contribution >= 0.6 is 0 Å². The van der Waals surface area contributed by atoms with E-state index in [4.69, 9.17) is 0 Å². The number of carbonyl (C=O) groups is 1. The summed E-state index contributed by atoms with van der Waals surface area (Å²) in [7, 11) is 0. The van der Waals surface area contributed by atoms with Crippen LogP contribution in [0.4, 0.5) is 8.78 Å². The van der Waals surface area contributed by atoms with Crippen LogP contribution in [0, 0.1) is 61.9 Å².